The number of likely N-dealkylation sites (tertiary alicyclic amines) is 1. The molecule has 0 aromatic heterocycles. The van der Waals surface area contributed by atoms with Crippen LogP contribution in [0.25, 0.3) is 0 Å². The van der Waals surface area contributed by atoms with Crippen LogP contribution in [0.3, 0.4) is 0 Å². The van der Waals surface area contributed by atoms with Gasteiger partial charge in [0, 0.05) is 65.0 Å². The first-order valence-corrected chi connectivity index (χ1v) is 11.9. The van der Waals surface area contributed by atoms with Crippen LogP contribution in [0, 0.1) is 6.92 Å². The van der Waals surface area contributed by atoms with E-state index in [2.05, 4.69) is 41.0 Å². The summed E-state index contributed by atoms with van der Waals surface area (Å²) in [7, 11) is 1.92. The Morgan fingerprint density at radius 2 is 1.84 bits per heavy atom. The highest BCUT2D eigenvalue weighted by atomic mass is 16.5. The van der Waals surface area contributed by atoms with Gasteiger partial charge in [-0.05, 0) is 57.1 Å². The van der Waals surface area contributed by atoms with Crippen LogP contribution in [-0.4, -0.2) is 84.4 Å². The molecule has 31 heavy (non-hydrogen) atoms. The van der Waals surface area contributed by atoms with Gasteiger partial charge in [0.2, 0.25) is 5.91 Å². The second kappa shape index (κ2) is 9.08. The fourth-order valence-electron chi connectivity index (χ4n) is 5.71. The molecule has 0 saturated carbocycles. The van der Waals surface area contributed by atoms with Crippen molar-refractivity contribution in [1.82, 2.24) is 9.80 Å². The van der Waals surface area contributed by atoms with Gasteiger partial charge in [0.25, 0.3) is 0 Å². The molecule has 3 heterocycles. The minimum absolute atomic E-state index is 0.0973. The molecule has 1 atom stereocenters. The lowest BCUT2D eigenvalue weighted by molar-refractivity contribution is -0.149. The number of anilines is 1. The number of hydrogen-bond acceptors (Lipinski definition) is 5. The fraction of sp³-hybridized carbons (Fsp3) is 0.720. The van der Waals surface area contributed by atoms with Crippen LogP contribution in [0.15, 0.2) is 24.3 Å². The highest BCUT2D eigenvalue weighted by Gasteiger charge is 2.43. The van der Waals surface area contributed by atoms with Crippen molar-refractivity contribution in [2.24, 2.45) is 0 Å². The molecule has 3 saturated heterocycles. The second-order valence-electron chi connectivity index (χ2n) is 10.1. The molecule has 0 bridgehead atoms. The number of carbonyl (C=O) groups is 1. The number of benzene rings is 1. The number of aliphatic hydroxyl groups is 1. The number of aryl methyl sites for hydroxylation is 1. The number of nitrogens with zero attached hydrogens (tertiary/aromatic N) is 3. The summed E-state index contributed by atoms with van der Waals surface area (Å²) < 4.78 is 6.27. The van der Waals surface area contributed by atoms with E-state index in [-0.39, 0.29) is 17.6 Å². The molecular formula is C25H39N3O3. The summed E-state index contributed by atoms with van der Waals surface area (Å²) >= 11 is 0. The van der Waals surface area contributed by atoms with Crippen LogP contribution in [-0.2, 0) is 9.53 Å². The number of piperidine rings is 2. The third kappa shape index (κ3) is 5.07. The standard InChI is InChI=1S/C25H39N3O3/c1-20-6-4-5-7-23(20)28-15-9-24(30,10-16-28)19-27-13-11-25(12-14-27)18-22(8-17-31-25)26(3)21(2)29/h4-7,22,30H,8-19H2,1-3H3. The van der Waals surface area contributed by atoms with Gasteiger partial charge in [-0.3, -0.25) is 4.79 Å². The van der Waals surface area contributed by atoms with Crippen molar-refractivity contribution >= 4 is 11.6 Å². The summed E-state index contributed by atoms with van der Waals surface area (Å²) in [5.74, 6) is 0.138. The van der Waals surface area contributed by atoms with Gasteiger partial charge < -0.3 is 24.5 Å². The highest BCUT2D eigenvalue weighted by molar-refractivity contribution is 5.73. The van der Waals surface area contributed by atoms with Gasteiger partial charge in [-0.15, -0.1) is 0 Å². The molecule has 3 fully saturated rings. The fourth-order valence-corrected chi connectivity index (χ4v) is 5.71. The third-order valence-corrected chi connectivity index (χ3v) is 7.95. The van der Waals surface area contributed by atoms with Gasteiger partial charge in [-0.1, -0.05) is 18.2 Å². The van der Waals surface area contributed by atoms with Gasteiger partial charge in [0.05, 0.1) is 11.2 Å². The molecule has 6 heteroatoms. The Kier molecular flexibility index (Phi) is 6.61. The maximum Gasteiger partial charge on any atom is 0.219 e. The lowest BCUT2D eigenvalue weighted by Crippen LogP contribution is -2.57. The van der Waals surface area contributed by atoms with E-state index in [0.717, 1.165) is 77.9 Å². The first kappa shape index (κ1) is 22.6. The number of rotatable bonds is 4. The number of para-hydroxylation sites is 1. The number of β-amino-alcohol motifs (C(OH)–C–C–N with tert-alkyl or cyclic N) is 1. The number of amides is 1. The van der Waals surface area contributed by atoms with Gasteiger partial charge in [-0.25, -0.2) is 0 Å². The molecule has 0 radical (unpaired) electrons. The quantitative estimate of drug-likeness (QED) is 0.798. The van der Waals surface area contributed by atoms with Crippen LogP contribution >= 0.6 is 0 Å². The Hall–Kier alpha value is -1.63. The van der Waals surface area contributed by atoms with Crippen molar-refractivity contribution in [2.75, 3.05) is 51.3 Å². The number of carbonyl (C=O) groups excluding carboxylic acids is 1. The zero-order valence-corrected chi connectivity index (χ0v) is 19.5. The molecule has 1 aromatic carbocycles. The van der Waals surface area contributed by atoms with Crippen LogP contribution in [0.4, 0.5) is 5.69 Å². The van der Waals surface area contributed by atoms with Gasteiger partial charge in [0.15, 0.2) is 0 Å². The van der Waals surface area contributed by atoms with E-state index in [4.69, 9.17) is 4.74 Å². The van der Waals surface area contributed by atoms with Crippen LogP contribution in [0.2, 0.25) is 0 Å². The Bertz CT molecular complexity index is 767. The molecule has 4 rings (SSSR count). The molecular weight excluding hydrogens is 390 g/mol. The minimum atomic E-state index is -0.603. The molecule has 1 spiro atoms. The van der Waals surface area contributed by atoms with E-state index < -0.39 is 5.60 Å². The summed E-state index contributed by atoms with van der Waals surface area (Å²) in [6.45, 7) is 9.02. The average molecular weight is 430 g/mol. The topological polar surface area (TPSA) is 56.3 Å². The van der Waals surface area contributed by atoms with E-state index in [1.54, 1.807) is 6.92 Å². The minimum Gasteiger partial charge on any atom is -0.388 e. The van der Waals surface area contributed by atoms with Crippen molar-refractivity contribution in [3.8, 4) is 0 Å². The maximum absolute atomic E-state index is 11.8. The molecule has 6 nitrogen and oxygen atoms in total. The van der Waals surface area contributed by atoms with E-state index in [9.17, 15) is 9.90 Å². The van der Waals surface area contributed by atoms with Crippen molar-refractivity contribution in [2.45, 2.75) is 69.6 Å². The zero-order chi connectivity index (χ0) is 22.1. The molecule has 3 aliphatic rings. The van der Waals surface area contributed by atoms with E-state index in [1.165, 1.54) is 11.3 Å². The van der Waals surface area contributed by atoms with Gasteiger partial charge >= 0.3 is 0 Å². The largest absolute Gasteiger partial charge is 0.388 e. The normalized spacial score (nSPS) is 26.1. The third-order valence-electron chi connectivity index (χ3n) is 7.95. The van der Waals surface area contributed by atoms with Gasteiger partial charge in [0.1, 0.15) is 0 Å². The lowest BCUT2D eigenvalue weighted by Gasteiger charge is -2.49. The van der Waals surface area contributed by atoms with Crippen LogP contribution in [0.5, 0.6) is 0 Å². The van der Waals surface area contributed by atoms with Gasteiger partial charge in [-0.2, -0.15) is 0 Å². The first-order valence-electron chi connectivity index (χ1n) is 11.9. The molecule has 1 N–H and O–H groups in total. The van der Waals surface area contributed by atoms with E-state index in [1.807, 2.05) is 11.9 Å². The Labute approximate surface area is 187 Å². The molecule has 0 aliphatic carbocycles. The van der Waals surface area contributed by atoms with Crippen LogP contribution in [0.1, 0.15) is 51.0 Å². The van der Waals surface area contributed by atoms with E-state index >= 15 is 0 Å². The summed E-state index contributed by atoms with van der Waals surface area (Å²) in [6.07, 6.45) is 5.46. The zero-order valence-electron chi connectivity index (χ0n) is 19.5. The molecule has 1 unspecified atom stereocenters. The maximum atomic E-state index is 11.8. The summed E-state index contributed by atoms with van der Waals surface area (Å²) in [6, 6.07) is 8.81. The van der Waals surface area contributed by atoms with Crippen molar-refractivity contribution in [1.29, 1.82) is 0 Å². The molecule has 3 aliphatic heterocycles. The smallest absolute Gasteiger partial charge is 0.219 e. The monoisotopic (exact) mass is 429 g/mol. The van der Waals surface area contributed by atoms with Crippen molar-refractivity contribution in [3.05, 3.63) is 29.8 Å². The van der Waals surface area contributed by atoms with Crippen molar-refractivity contribution < 1.29 is 14.6 Å². The molecule has 172 valence electrons. The molecule has 1 amide bonds. The Morgan fingerprint density at radius 3 is 2.48 bits per heavy atom. The SMILES string of the molecule is CC(=O)N(C)C1CCOC2(CCN(CC3(O)CCN(c4ccccc4C)CC3)CC2)C1. The summed E-state index contributed by atoms with van der Waals surface area (Å²) in [4.78, 5) is 18.5. The van der Waals surface area contributed by atoms with Crippen LogP contribution < -0.4 is 4.90 Å². The van der Waals surface area contributed by atoms with Crippen molar-refractivity contribution in [3.63, 3.8) is 0 Å². The first-order chi connectivity index (χ1) is 14.8. The lowest BCUT2D eigenvalue weighted by atomic mass is 9.81. The Morgan fingerprint density at radius 1 is 1.16 bits per heavy atom. The molecule has 1 aromatic rings. The van der Waals surface area contributed by atoms with E-state index in [0.29, 0.717) is 0 Å². The average Bonchev–Trinajstić information content (AvgIpc) is 2.76. The second-order valence-corrected chi connectivity index (χ2v) is 10.1. The summed E-state index contributed by atoms with van der Waals surface area (Å²) in [5, 5.41) is 11.3. The highest BCUT2D eigenvalue weighted by Crippen LogP contribution is 2.37. The Balaban J connectivity index is 1.28. The predicted molar refractivity (Wildman–Crippen MR) is 123 cm³/mol. The number of hydrogen-bond donors (Lipinski definition) is 1. The predicted octanol–water partition coefficient (Wildman–Crippen LogP) is 2.82. The summed E-state index contributed by atoms with van der Waals surface area (Å²) in [5.41, 5.74) is 1.90. The number of ether oxygens (including phenoxy) is 1.